The molecule has 0 saturated carbocycles. The number of hydrogen-bond donors (Lipinski definition) is 2. The van der Waals surface area contributed by atoms with Crippen molar-refractivity contribution < 1.29 is 4.79 Å². The van der Waals surface area contributed by atoms with E-state index < -0.39 is 0 Å². The quantitative estimate of drug-likeness (QED) is 0.819. The van der Waals surface area contributed by atoms with Gasteiger partial charge in [-0.2, -0.15) is 0 Å². The van der Waals surface area contributed by atoms with Crippen molar-refractivity contribution in [3.8, 4) is 0 Å². The maximum absolute atomic E-state index is 11.8. The molecule has 0 aliphatic heterocycles. The molecule has 0 aromatic carbocycles. The monoisotopic (exact) mass is 254 g/mol. The number of amides is 1. The molecule has 3 nitrogen and oxygen atoms in total. The van der Waals surface area contributed by atoms with E-state index in [-0.39, 0.29) is 18.0 Å². The number of thiophene rings is 1. The van der Waals surface area contributed by atoms with Crippen LogP contribution in [-0.2, 0) is 4.79 Å². The normalized spacial score (nSPS) is 14.6. The predicted octanol–water partition coefficient (Wildman–Crippen LogP) is 2.56. The largest absolute Gasteiger partial charge is 0.354 e. The second-order valence-electron chi connectivity index (χ2n) is 4.76. The van der Waals surface area contributed by atoms with E-state index >= 15 is 0 Å². The van der Waals surface area contributed by atoms with Gasteiger partial charge in [-0.3, -0.25) is 10.1 Å². The molecule has 0 aliphatic carbocycles. The Morgan fingerprint density at radius 3 is 2.59 bits per heavy atom. The second-order valence-corrected chi connectivity index (χ2v) is 5.74. The summed E-state index contributed by atoms with van der Waals surface area (Å²) in [7, 11) is 0. The Hall–Kier alpha value is -0.870. The lowest BCUT2D eigenvalue weighted by Crippen LogP contribution is -2.44. The zero-order chi connectivity index (χ0) is 12.8. The van der Waals surface area contributed by atoms with Gasteiger partial charge in [-0.25, -0.2) is 0 Å². The first-order valence-electron chi connectivity index (χ1n) is 6.08. The van der Waals surface area contributed by atoms with Gasteiger partial charge in [0.25, 0.3) is 0 Å². The van der Waals surface area contributed by atoms with Crippen LogP contribution in [0.1, 0.15) is 38.6 Å². The maximum atomic E-state index is 11.8. The molecule has 96 valence electrons. The highest BCUT2D eigenvalue weighted by Gasteiger charge is 2.16. The summed E-state index contributed by atoms with van der Waals surface area (Å²) in [6, 6.07) is 4.17. The summed E-state index contributed by atoms with van der Waals surface area (Å²) in [5.41, 5.74) is 0. The molecule has 0 bridgehead atoms. The molecule has 0 spiro atoms. The molecule has 1 unspecified atom stereocenters. The molecule has 1 amide bonds. The van der Waals surface area contributed by atoms with E-state index in [1.54, 1.807) is 11.3 Å². The molecule has 0 aliphatic rings. The summed E-state index contributed by atoms with van der Waals surface area (Å²) < 4.78 is 0. The molecule has 0 radical (unpaired) electrons. The topological polar surface area (TPSA) is 41.1 Å². The van der Waals surface area contributed by atoms with E-state index in [1.165, 1.54) is 4.88 Å². The minimum atomic E-state index is -0.161. The van der Waals surface area contributed by atoms with Crippen LogP contribution in [0, 0.1) is 5.92 Å². The SMILES string of the molecule is CC(C)CNC(=O)C(C)N[C@H](C)c1cccs1. The third kappa shape index (κ3) is 4.88. The highest BCUT2D eigenvalue weighted by Crippen LogP contribution is 2.18. The Morgan fingerprint density at radius 1 is 1.35 bits per heavy atom. The summed E-state index contributed by atoms with van der Waals surface area (Å²) >= 11 is 1.71. The van der Waals surface area contributed by atoms with Crippen LogP contribution >= 0.6 is 11.3 Å². The number of nitrogens with one attached hydrogen (secondary N) is 2. The molecule has 2 atom stereocenters. The minimum Gasteiger partial charge on any atom is -0.354 e. The Morgan fingerprint density at radius 2 is 2.06 bits per heavy atom. The first-order chi connectivity index (χ1) is 8.00. The van der Waals surface area contributed by atoms with Crippen molar-refractivity contribution in [2.75, 3.05) is 6.54 Å². The highest BCUT2D eigenvalue weighted by molar-refractivity contribution is 7.10. The van der Waals surface area contributed by atoms with Crippen LogP contribution < -0.4 is 10.6 Å². The van der Waals surface area contributed by atoms with Crippen molar-refractivity contribution >= 4 is 17.2 Å². The van der Waals surface area contributed by atoms with Crippen molar-refractivity contribution in [3.05, 3.63) is 22.4 Å². The van der Waals surface area contributed by atoms with Crippen LogP contribution in [0.25, 0.3) is 0 Å². The lowest BCUT2D eigenvalue weighted by molar-refractivity contribution is -0.123. The lowest BCUT2D eigenvalue weighted by Gasteiger charge is -2.19. The molecular formula is C13H22N2OS. The van der Waals surface area contributed by atoms with Crippen LogP contribution in [0.15, 0.2) is 17.5 Å². The summed E-state index contributed by atoms with van der Waals surface area (Å²) in [6.45, 7) is 8.90. The van der Waals surface area contributed by atoms with E-state index in [9.17, 15) is 4.79 Å². The number of carbonyl (C=O) groups is 1. The van der Waals surface area contributed by atoms with Gasteiger partial charge >= 0.3 is 0 Å². The molecule has 1 aromatic rings. The number of rotatable bonds is 6. The zero-order valence-corrected chi connectivity index (χ0v) is 11.8. The summed E-state index contributed by atoms with van der Waals surface area (Å²) in [5, 5.41) is 8.29. The van der Waals surface area contributed by atoms with E-state index in [2.05, 4.69) is 42.9 Å². The summed E-state index contributed by atoms with van der Waals surface area (Å²) in [6.07, 6.45) is 0. The van der Waals surface area contributed by atoms with E-state index in [1.807, 2.05) is 13.0 Å². The molecule has 4 heteroatoms. The third-order valence-electron chi connectivity index (χ3n) is 2.55. The second kappa shape index (κ2) is 6.77. The van der Waals surface area contributed by atoms with Crippen LogP contribution in [0.4, 0.5) is 0 Å². The molecular weight excluding hydrogens is 232 g/mol. The smallest absolute Gasteiger partial charge is 0.236 e. The number of carbonyl (C=O) groups excluding carboxylic acids is 1. The van der Waals surface area contributed by atoms with Crippen molar-refractivity contribution in [1.82, 2.24) is 10.6 Å². The maximum Gasteiger partial charge on any atom is 0.236 e. The van der Waals surface area contributed by atoms with Crippen molar-refractivity contribution in [2.45, 2.75) is 39.8 Å². The van der Waals surface area contributed by atoms with Crippen LogP contribution in [0.2, 0.25) is 0 Å². The Bertz CT molecular complexity index is 335. The van der Waals surface area contributed by atoms with Crippen molar-refractivity contribution in [2.24, 2.45) is 5.92 Å². The molecule has 1 heterocycles. The average molecular weight is 254 g/mol. The fourth-order valence-corrected chi connectivity index (χ4v) is 2.27. The van der Waals surface area contributed by atoms with Gasteiger partial charge in [0, 0.05) is 17.5 Å². The summed E-state index contributed by atoms with van der Waals surface area (Å²) in [4.78, 5) is 13.0. The Kier molecular flexibility index (Phi) is 5.65. The molecule has 17 heavy (non-hydrogen) atoms. The first kappa shape index (κ1) is 14.2. The van der Waals surface area contributed by atoms with Crippen LogP contribution in [-0.4, -0.2) is 18.5 Å². The van der Waals surface area contributed by atoms with Gasteiger partial charge in [-0.05, 0) is 31.2 Å². The lowest BCUT2D eigenvalue weighted by atomic mass is 10.2. The molecule has 0 fully saturated rings. The van der Waals surface area contributed by atoms with Gasteiger partial charge < -0.3 is 5.32 Å². The fourth-order valence-electron chi connectivity index (χ4n) is 1.53. The van der Waals surface area contributed by atoms with E-state index in [0.717, 1.165) is 6.54 Å². The van der Waals surface area contributed by atoms with E-state index in [0.29, 0.717) is 5.92 Å². The summed E-state index contributed by atoms with van der Waals surface area (Å²) in [5.74, 6) is 0.558. The van der Waals surface area contributed by atoms with Crippen LogP contribution in [0.5, 0.6) is 0 Å². The van der Waals surface area contributed by atoms with Crippen molar-refractivity contribution in [3.63, 3.8) is 0 Å². The van der Waals surface area contributed by atoms with Gasteiger partial charge in [0.1, 0.15) is 0 Å². The minimum absolute atomic E-state index is 0.0714. The fraction of sp³-hybridized carbons (Fsp3) is 0.615. The van der Waals surface area contributed by atoms with Crippen LogP contribution in [0.3, 0.4) is 0 Å². The van der Waals surface area contributed by atoms with Crippen molar-refractivity contribution in [1.29, 1.82) is 0 Å². The first-order valence-corrected chi connectivity index (χ1v) is 6.95. The Balaban J connectivity index is 2.38. The Labute approximate surface area is 108 Å². The van der Waals surface area contributed by atoms with E-state index in [4.69, 9.17) is 0 Å². The molecule has 2 N–H and O–H groups in total. The van der Waals surface area contributed by atoms with Gasteiger partial charge in [0.2, 0.25) is 5.91 Å². The van der Waals surface area contributed by atoms with Gasteiger partial charge in [0.05, 0.1) is 6.04 Å². The van der Waals surface area contributed by atoms with Gasteiger partial charge in [-0.15, -0.1) is 11.3 Å². The predicted molar refractivity (Wildman–Crippen MR) is 73.2 cm³/mol. The van der Waals surface area contributed by atoms with Gasteiger partial charge in [-0.1, -0.05) is 19.9 Å². The standard InChI is InChI=1S/C13H22N2OS/c1-9(2)8-14-13(16)11(4)15-10(3)12-6-5-7-17-12/h5-7,9-11,15H,8H2,1-4H3,(H,14,16)/t10-,11?/m1/s1. The molecule has 1 rings (SSSR count). The molecule has 1 aromatic heterocycles. The van der Waals surface area contributed by atoms with Gasteiger partial charge in [0.15, 0.2) is 0 Å². The molecule has 0 saturated heterocycles. The number of hydrogen-bond acceptors (Lipinski definition) is 3. The zero-order valence-electron chi connectivity index (χ0n) is 11.0. The third-order valence-corrected chi connectivity index (χ3v) is 3.60. The highest BCUT2D eigenvalue weighted by atomic mass is 32.1. The average Bonchev–Trinajstić information content (AvgIpc) is 2.78.